The predicted octanol–water partition coefficient (Wildman–Crippen LogP) is 8.10. The fraction of sp³-hybridized carbons (Fsp3) is 0.172. The number of benzene rings is 3. The fourth-order valence-corrected chi connectivity index (χ4v) is 4.33. The lowest BCUT2D eigenvalue weighted by Gasteiger charge is -2.09. The molecule has 0 saturated heterocycles. The van der Waals surface area contributed by atoms with Crippen LogP contribution in [0.1, 0.15) is 31.2 Å². The molecule has 8 heteroatoms. The van der Waals surface area contributed by atoms with E-state index in [-0.39, 0.29) is 12.2 Å². The number of aromatic nitrogens is 2. The van der Waals surface area contributed by atoms with E-state index in [0.29, 0.717) is 58.0 Å². The standard InChI is InChI=1S/C29H25Cl2FN2O3/c1-2-34-18-27(24-12-11-22(30)17-25(24)31)33-28(34)13-10-19-8-9-21(16-26(19)32)20-5-3-6-23(15-20)37-14-4-7-29(35)36/h3,5-6,8-13,15-18H,2,4,7,14H2,1H3,(H,35,36)/b13-10+. The van der Waals surface area contributed by atoms with Gasteiger partial charge in [-0.1, -0.05) is 47.5 Å². The summed E-state index contributed by atoms with van der Waals surface area (Å²) in [4.78, 5) is 15.3. The minimum Gasteiger partial charge on any atom is -0.494 e. The molecular formula is C29H25Cl2FN2O3. The zero-order chi connectivity index (χ0) is 26.4. The van der Waals surface area contributed by atoms with Crippen LogP contribution < -0.4 is 4.74 Å². The molecule has 0 aliphatic rings. The lowest BCUT2D eigenvalue weighted by Crippen LogP contribution is -2.02. The largest absolute Gasteiger partial charge is 0.494 e. The highest BCUT2D eigenvalue weighted by Crippen LogP contribution is 2.31. The maximum Gasteiger partial charge on any atom is 0.303 e. The molecule has 0 aliphatic heterocycles. The number of aryl methyl sites for hydroxylation is 1. The summed E-state index contributed by atoms with van der Waals surface area (Å²) in [6, 6.07) is 17.6. The number of carboxylic acid groups (broad SMARTS) is 1. The van der Waals surface area contributed by atoms with Gasteiger partial charge in [-0.3, -0.25) is 4.79 Å². The Labute approximate surface area is 224 Å². The van der Waals surface area contributed by atoms with Crippen LogP contribution in [0, 0.1) is 5.82 Å². The molecule has 37 heavy (non-hydrogen) atoms. The molecule has 0 spiro atoms. The number of hydrogen-bond donors (Lipinski definition) is 1. The maximum atomic E-state index is 15.0. The monoisotopic (exact) mass is 538 g/mol. The van der Waals surface area contributed by atoms with Gasteiger partial charge in [0.25, 0.3) is 0 Å². The number of hydrogen-bond acceptors (Lipinski definition) is 3. The Morgan fingerprint density at radius 2 is 1.89 bits per heavy atom. The van der Waals surface area contributed by atoms with Crippen molar-refractivity contribution in [2.24, 2.45) is 0 Å². The lowest BCUT2D eigenvalue weighted by atomic mass is 10.0. The Kier molecular flexibility index (Phi) is 8.64. The van der Waals surface area contributed by atoms with Crippen LogP contribution in [0.2, 0.25) is 10.0 Å². The van der Waals surface area contributed by atoms with E-state index in [2.05, 4.69) is 4.98 Å². The van der Waals surface area contributed by atoms with Crippen molar-refractivity contribution in [2.45, 2.75) is 26.3 Å². The van der Waals surface area contributed by atoms with E-state index in [1.165, 1.54) is 6.07 Å². The van der Waals surface area contributed by atoms with Gasteiger partial charge >= 0.3 is 5.97 Å². The van der Waals surface area contributed by atoms with Gasteiger partial charge in [-0.25, -0.2) is 9.37 Å². The first kappa shape index (κ1) is 26.5. The molecule has 0 radical (unpaired) electrons. The Bertz CT molecular complexity index is 1450. The van der Waals surface area contributed by atoms with Gasteiger partial charge in [0.1, 0.15) is 17.4 Å². The van der Waals surface area contributed by atoms with Gasteiger partial charge < -0.3 is 14.4 Å². The average Bonchev–Trinajstić information content (AvgIpc) is 3.29. The van der Waals surface area contributed by atoms with E-state index in [4.69, 9.17) is 33.0 Å². The Balaban J connectivity index is 1.51. The minimum atomic E-state index is -0.855. The molecule has 0 aliphatic carbocycles. The third kappa shape index (κ3) is 6.79. The summed E-state index contributed by atoms with van der Waals surface area (Å²) in [5, 5.41) is 9.81. The third-order valence-corrected chi connectivity index (χ3v) is 6.29. The number of nitrogens with zero attached hydrogens (tertiary/aromatic N) is 2. The van der Waals surface area contributed by atoms with Gasteiger partial charge in [-0.15, -0.1) is 0 Å². The smallest absolute Gasteiger partial charge is 0.303 e. The molecule has 3 aromatic carbocycles. The first-order chi connectivity index (χ1) is 17.8. The second kappa shape index (κ2) is 12.1. The Morgan fingerprint density at radius 3 is 2.62 bits per heavy atom. The molecule has 190 valence electrons. The highest BCUT2D eigenvalue weighted by Gasteiger charge is 2.11. The van der Waals surface area contributed by atoms with Crippen molar-refractivity contribution in [1.82, 2.24) is 9.55 Å². The molecule has 5 nitrogen and oxygen atoms in total. The minimum absolute atomic E-state index is 0.0502. The van der Waals surface area contributed by atoms with Crippen molar-refractivity contribution in [1.29, 1.82) is 0 Å². The highest BCUT2D eigenvalue weighted by molar-refractivity contribution is 6.36. The third-order valence-electron chi connectivity index (χ3n) is 5.74. The first-order valence-electron chi connectivity index (χ1n) is 11.8. The summed E-state index contributed by atoms with van der Waals surface area (Å²) < 4.78 is 22.6. The van der Waals surface area contributed by atoms with Gasteiger partial charge in [0.05, 0.1) is 17.3 Å². The van der Waals surface area contributed by atoms with E-state index in [0.717, 1.165) is 11.1 Å². The van der Waals surface area contributed by atoms with Gasteiger partial charge in [0.2, 0.25) is 0 Å². The number of imidazole rings is 1. The summed E-state index contributed by atoms with van der Waals surface area (Å²) in [6.45, 7) is 2.99. The van der Waals surface area contributed by atoms with Crippen LogP contribution in [-0.2, 0) is 11.3 Å². The van der Waals surface area contributed by atoms with Gasteiger partial charge in [0, 0.05) is 35.3 Å². The Hall–Kier alpha value is -3.61. The number of carbonyl (C=O) groups is 1. The summed E-state index contributed by atoms with van der Waals surface area (Å²) in [7, 11) is 0. The lowest BCUT2D eigenvalue weighted by molar-refractivity contribution is -0.137. The normalized spacial score (nSPS) is 11.2. The molecule has 0 bridgehead atoms. The topological polar surface area (TPSA) is 64.4 Å². The zero-order valence-electron chi connectivity index (χ0n) is 20.1. The SMILES string of the molecule is CCn1cc(-c2ccc(Cl)cc2Cl)nc1/C=C/c1ccc(-c2cccc(OCCCC(=O)O)c2)cc1F. The van der Waals surface area contributed by atoms with Gasteiger partial charge in [-0.05, 0) is 73.0 Å². The molecule has 1 N–H and O–H groups in total. The molecule has 0 atom stereocenters. The number of aliphatic carboxylic acids is 1. The quantitative estimate of drug-likeness (QED) is 0.207. The van der Waals surface area contributed by atoms with E-state index >= 15 is 4.39 Å². The highest BCUT2D eigenvalue weighted by atomic mass is 35.5. The number of halogens is 3. The van der Waals surface area contributed by atoms with E-state index in [1.807, 2.05) is 48.0 Å². The van der Waals surface area contributed by atoms with Crippen LogP contribution in [0.4, 0.5) is 4.39 Å². The molecule has 0 amide bonds. The summed E-state index contributed by atoms with van der Waals surface area (Å²) in [5.41, 5.74) is 3.43. The van der Waals surface area contributed by atoms with Crippen molar-refractivity contribution < 1.29 is 19.0 Å². The second-order valence-corrected chi connectivity index (χ2v) is 9.18. The molecular weight excluding hydrogens is 514 g/mol. The molecule has 0 fully saturated rings. The first-order valence-corrected chi connectivity index (χ1v) is 12.5. The van der Waals surface area contributed by atoms with Crippen LogP contribution in [-0.4, -0.2) is 27.2 Å². The van der Waals surface area contributed by atoms with Crippen LogP contribution in [0.5, 0.6) is 5.75 Å². The van der Waals surface area contributed by atoms with Crippen molar-refractivity contribution in [3.63, 3.8) is 0 Å². The molecule has 1 aromatic heterocycles. The van der Waals surface area contributed by atoms with Crippen LogP contribution in [0.25, 0.3) is 34.5 Å². The number of carboxylic acids is 1. The number of ether oxygens (including phenoxy) is 1. The maximum absolute atomic E-state index is 15.0. The van der Waals surface area contributed by atoms with Crippen LogP contribution >= 0.6 is 23.2 Å². The van der Waals surface area contributed by atoms with E-state index in [1.54, 1.807) is 36.4 Å². The van der Waals surface area contributed by atoms with Crippen molar-refractivity contribution in [3.8, 4) is 28.1 Å². The fourth-order valence-electron chi connectivity index (χ4n) is 3.83. The summed E-state index contributed by atoms with van der Waals surface area (Å²) >= 11 is 12.4. The van der Waals surface area contributed by atoms with Crippen molar-refractivity contribution in [2.75, 3.05) is 6.61 Å². The van der Waals surface area contributed by atoms with Gasteiger partial charge in [-0.2, -0.15) is 0 Å². The van der Waals surface area contributed by atoms with E-state index in [9.17, 15) is 4.79 Å². The number of rotatable bonds is 10. The molecule has 1 heterocycles. The van der Waals surface area contributed by atoms with Crippen molar-refractivity contribution >= 4 is 41.3 Å². The second-order valence-electron chi connectivity index (χ2n) is 8.34. The van der Waals surface area contributed by atoms with Crippen molar-refractivity contribution in [3.05, 3.63) is 94.1 Å². The summed E-state index contributed by atoms with van der Waals surface area (Å²) in [5.74, 6) is 0.0686. The molecule has 0 unspecified atom stereocenters. The van der Waals surface area contributed by atoms with Crippen LogP contribution in [0.15, 0.2) is 66.9 Å². The Morgan fingerprint density at radius 1 is 1.08 bits per heavy atom. The summed E-state index contributed by atoms with van der Waals surface area (Å²) in [6.07, 6.45) is 5.85. The van der Waals surface area contributed by atoms with E-state index < -0.39 is 5.97 Å². The molecule has 4 aromatic rings. The zero-order valence-corrected chi connectivity index (χ0v) is 21.6. The van der Waals surface area contributed by atoms with Crippen LogP contribution in [0.3, 0.4) is 0 Å². The average molecular weight is 539 g/mol. The molecule has 0 saturated carbocycles. The van der Waals surface area contributed by atoms with Gasteiger partial charge in [0.15, 0.2) is 0 Å². The molecule has 4 rings (SSSR count). The predicted molar refractivity (Wildman–Crippen MR) is 146 cm³/mol.